The predicted molar refractivity (Wildman–Crippen MR) is 68.1 cm³/mol. The van der Waals surface area contributed by atoms with Crippen LogP contribution in [0.5, 0.6) is 0 Å². The van der Waals surface area contributed by atoms with Crippen molar-refractivity contribution in [2.45, 2.75) is 39.2 Å². The number of thiophene rings is 1. The first-order chi connectivity index (χ1) is 6.77. The van der Waals surface area contributed by atoms with Crippen LogP contribution in [0.2, 0.25) is 0 Å². The molecule has 1 nitrogen and oxygen atoms in total. The summed E-state index contributed by atoms with van der Waals surface area (Å²) >= 11 is 5.34. The van der Waals surface area contributed by atoms with Gasteiger partial charge in [-0.1, -0.05) is 13.8 Å². The van der Waals surface area contributed by atoms with Crippen molar-refractivity contribution < 1.29 is 0 Å². The Kier molecular flexibility index (Phi) is 5.75. The highest BCUT2D eigenvalue weighted by atomic mass is 79.9. The van der Waals surface area contributed by atoms with E-state index in [1.807, 2.05) is 0 Å². The van der Waals surface area contributed by atoms with E-state index in [0.29, 0.717) is 6.04 Å². The topological polar surface area (TPSA) is 12.0 Å². The molecule has 0 aliphatic carbocycles. The summed E-state index contributed by atoms with van der Waals surface area (Å²) in [4.78, 5) is 0. The highest BCUT2D eigenvalue weighted by Gasteiger charge is 2.06. The molecule has 0 radical (unpaired) electrons. The van der Waals surface area contributed by atoms with Crippen molar-refractivity contribution in [1.82, 2.24) is 5.32 Å². The fraction of sp³-hybridized carbons (Fsp3) is 0.636. The van der Waals surface area contributed by atoms with Gasteiger partial charge in [-0.3, -0.25) is 0 Å². The lowest BCUT2D eigenvalue weighted by Gasteiger charge is -2.15. The fourth-order valence-electron chi connectivity index (χ4n) is 1.56. The molecule has 1 heterocycles. The lowest BCUT2D eigenvalue weighted by Crippen LogP contribution is -2.28. The van der Waals surface area contributed by atoms with E-state index in [9.17, 15) is 0 Å². The summed E-state index contributed by atoms with van der Waals surface area (Å²) in [7, 11) is 0. The molecular weight excluding hydrogens is 258 g/mol. The zero-order chi connectivity index (χ0) is 10.4. The van der Waals surface area contributed by atoms with Gasteiger partial charge in [0, 0.05) is 15.9 Å². The lowest BCUT2D eigenvalue weighted by atomic mass is 10.1. The Labute approximate surface area is 99.0 Å². The summed E-state index contributed by atoms with van der Waals surface area (Å²) < 4.78 is 1.27. The van der Waals surface area contributed by atoms with Crippen LogP contribution in [0, 0.1) is 0 Å². The van der Waals surface area contributed by atoms with Crippen molar-refractivity contribution in [1.29, 1.82) is 0 Å². The standard InChI is InChI=1S/C11H18BrNS/c1-3-10(13-4-2)6-5-9-7-14-8-11(9)12/h7-8,10,13H,3-6H2,1-2H3. The van der Waals surface area contributed by atoms with Gasteiger partial charge in [-0.15, -0.1) is 0 Å². The molecule has 0 amide bonds. The first-order valence-corrected chi connectivity index (χ1v) is 6.95. The highest BCUT2D eigenvalue weighted by Crippen LogP contribution is 2.23. The molecule has 0 saturated heterocycles. The Morgan fingerprint density at radius 3 is 2.71 bits per heavy atom. The molecule has 1 unspecified atom stereocenters. The van der Waals surface area contributed by atoms with Gasteiger partial charge >= 0.3 is 0 Å². The van der Waals surface area contributed by atoms with E-state index < -0.39 is 0 Å². The van der Waals surface area contributed by atoms with Gasteiger partial charge in [-0.05, 0) is 52.7 Å². The molecule has 80 valence electrons. The van der Waals surface area contributed by atoms with E-state index in [1.54, 1.807) is 11.3 Å². The van der Waals surface area contributed by atoms with Crippen LogP contribution >= 0.6 is 27.3 Å². The maximum atomic E-state index is 3.57. The third-order valence-corrected chi connectivity index (χ3v) is 4.27. The van der Waals surface area contributed by atoms with E-state index in [4.69, 9.17) is 0 Å². The number of nitrogens with one attached hydrogen (secondary N) is 1. The smallest absolute Gasteiger partial charge is 0.0314 e. The van der Waals surface area contributed by atoms with Crippen molar-refractivity contribution in [3.8, 4) is 0 Å². The van der Waals surface area contributed by atoms with Crippen LogP contribution in [-0.2, 0) is 6.42 Å². The molecule has 0 bridgehead atoms. The quantitative estimate of drug-likeness (QED) is 0.832. The Morgan fingerprint density at radius 2 is 2.21 bits per heavy atom. The van der Waals surface area contributed by atoms with Crippen LogP contribution in [0.25, 0.3) is 0 Å². The normalized spacial score (nSPS) is 13.1. The number of rotatable bonds is 6. The largest absolute Gasteiger partial charge is 0.314 e. The molecule has 0 aliphatic heterocycles. The number of aryl methyl sites for hydroxylation is 1. The zero-order valence-corrected chi connectivity index (χ0v) is 11.2. The first kappa shape index (κ1) is 12.2. The lowest BCUT2D eigenvalue weighted by molar-refractivity contribution is 0.481. The summed E-state index contributed by atoms with van der Waals surface area (Å²) in [6.45, 7) is 5.49. The molecule has 0 aliphatic rings. The Morgan fingerprint density at radius 1 is 1.43 bits per heavy atom. The average molecular weight is 276 g/mol. The second-order valence-electron chi connectivity index (χ2n) is 3.45. The molecule has 1 aromatic heterocycles. The molecule has 1 atom stereocenters. The molecular formula is C11H18BrNS. The van der Waals surface area contributed by atoms with Crippen molar-refractivity contribution >= 4 is 27.3 Å². The summed E-state index contributed by atoms with van der Waals surface area (Å²) in [5.41, 5.74) is 1.45. The van der Waals surface area contributed by atoms with Crippen LogP contribution in [0.15, 0.2) is 15.2 Å². The van der Waals surface area contributed by atoms with Gasteiger partial charge in [0.2, 0.25) is 0 Å². The molecule has 1 rings (SSSR count). The summed E-state index contributed by atoms with van der Waals surface area (Å²) in [6.07, 6.45) is 3.63. The number of halogens is 1. The minimum atomic E-state index is 0.673. The van der Waals surface area contributed by atoms with Gasteiger partial charge in [0.25, 0.3) is 0 Å². The van der Waals surface area contributed by atoms with Crippen LogP contribution in [0.1, 0.15) is 32.3 Å². The zero-order valence-electron chi connectivity index (χ0n) is 8.85. The van der Waals surface area contributed by atoms with E-state index in [0.717, 1.165) is 6.54 Å². The van der Waals surface area contributed by atoms with Crippen LogP contribution in [0.4, 0.5) is 0 Å². The third kappa shape index (κ3) is 3.71. The van der Waals surface area contributed by atoms with Crippen molar-refractivity contribution in [3.63, 3.8) is 0 Å². The van der Waals surface area contributed by atoms with Crippen LogP contribution in [0.3, 0.4) is 0 Å². The summed E-state index contributed by atoms with van der Waals surface area (Å²) in [5, 5.41) is 7.90. The van der Waals surface area contributed by atoms with E-state index in [2.05, 4.69) is 45.9 Å². The van der Waals surface area contributed by atoms with E-state index in [-0.39, 0.29) is 0 Å². The van der Waals surface area contributed by atoms with Gasteiger partial charge in [0.05, 0.1) is 0 Å². The van der Waals surface area contributed by atoms with Gasteiger partial charge in [-0.25, -0.2) is 0 Å². The van der Waals surface area contributed by atoms with Crippen LogP contribution in [-0.4, -0.2) is 12.6 Å². The second kappa shape index (κ2) is 6.59. The molecule has 0 spiro atoms. The molecule has 0 saturated carbocycles. The maximum absolute atomic E-state index is 3.57. The fourth-order valence-corrected chi connectivity index (χ4v) is 3.09. The van der Waals surface area contributed by atoms with Gasteiger partial charge in [0.15, 0.2) is 0 Å². The number of hydrogen-bond donors (Lipinski definition) is 1. The monoisotopic (exact) mass is 275 g/mol. The summed E-state index contributed by atoms with van der Waals surface area (Å²) in [5.74, 6) is 0. The molecule has 14 heavy (non-hydrogen) atoms. The SMILES string of the molecule is CCNC(CC)CCc1cscc1Br. The Balaban J connectivity index is 2.35. The molecule has 1 N–H and O–H groups in total. The minimum absolute atomic E-state index is 0.673. The van der Waals surface area contributed by atoms with Crippen LogP contribution < -0.4 is 5.32 Å². The Hall–Kier alpha value is 0.140. The van der Waals surface area contributed by atoms with Crippen molar-refractivity contribution in [2.24, 2.45) is 0 Å². The first-order valence-electron chi connectivity index (χ1n) is 5.21. The van der Waals surface area contributed by atoms with Crippen molar-refractivity contribution in [3.05, 3.63) is 20.8 Å². The molecule has 3 heteroatoms. The van der Waals surface area contributed by atoms with Gasteiger partial charge < -0.3 is 5.32 Å². The Bertz CT molecular complexity index is 260. The summed E-state index contributed by atoms with van der Waals surface area (Å²) in [6, 6.07) is 0.673. The second-order valence-corrected chi connectivity index (χ2v) is 5.04. The molecule has 1 aromatic rings. The predicted octanol–water partition coefficient (Wildman–Crippen LogP) is 3.83. The van der Waals surface area contributed by atoms with Gasteiger partial charge in [-0.2, -0.15) is 11.3 Å². The van der Waals surface area contributed by atoms with E-state index in [1.165, 1.54) is 29.3 Å². The van der Waals surface area contributed by atoms with Gasteiger partial charge in [0.1, 0.15) is 0 Å². The average Bonchev–Trinajstić information content (AvgIpc) is 2.59. The molecule has 0 fully saturated rings. The molecule has 0 aromatic carbocycles. The van der Waals surface area contributed by atoms with E-state index >= 15 is 0 Å². The highest BCUT2D eigenvalue weighted by molar-refractivity contribution is 9.10. The maximum Gasteiger partial charge on any atom is 0.0314 e. The third-order valence-electron chi connectivity index (χ3n) is 2.44. The van der Waals surface area contributed by atoms with Crippen molar-refractivity contribution in [2.75, 3.05) is 6.54 Å². The number of hydrogen-bond acceptors (Lipinski definition) is 2. The minimum Gasteiger partial charge on any atom is -0.314 e.